The molecule has 0 spiro atoms. The van der Waals surface area contributed by atoms with Crippen molar-refractivity contribution in [3.63, 3.8) is 0 Å². The standard InChI is InChI=1S/C27H29F3N6O3/c28-27(29,30)19-12-21(14-22(13-19)36-11-10-23(25(36)37)18-4-2-1-3-5-18)32-26(38)33-24-16-35(34-39-24)15-17-6-8-20(31)9-7-17/h1-5,12-14,16-17,20,23H,6-11,15,31H2,(H-,32,33,34,38)/t17?,20?,23-/m1/s1. The number of hydrogen-bond donors (Lipinski definition) is 2. The largest absolute Gasteiger partial charge is 0.424 e. The zero-order valence-corrected chi connectivity index (χ0v) is 21.1. The molecule has 0 radical (unpaired) electrons. The molecule has 2 aliphatic rings. The van der Waals surface area contributed by atoms with E-state index in [1.54, 1.807) is 4.68 Å². The maximum absolute atomic E-state index is 13.7. The Balaban J connectivity index is 1.28. The molecular weight excluding hydrogens is 513 g/mol. The van der Waals surface area contributed by atoms with E-state index in [0.29, 0.717) is 18.9 Å². The first kappa shape index (κ1) is 26.7. The Bertz CT molecular complexity index is 1320. The fraction of sp³-hybridized carbons (Fsp3) is 0.407. The summed E-state index contributed by atoms with van der Waals surface area (Å²) in [6.07, 6.45) is 1.07. The van der Waals surface area contributed by atoms with Crippen LogP contribution in [0.2, 0.25) is 0 Å². The van der Waals surface area contributed by atoms with Crippen LogP contribution in [0.4, 0.5) is 35.2 Å². The molecule has 0 bridgehead atoms. The van der Waals surface area contributed by atoms with Gasteiger partial charge in [-0.1, -0.05) is 35.0 Å². The van der Waals surface area contributed by atoms with Crippen LogP contribution < -0.4 is 20.6 Å². The van der Waals surface area contributed by atoms with Gasteiger partial charge in [0.2, 0.25) is 18.0 Å². The predicted octanol–water partition coefficient (Wildman–Crippen LogP) is 5.26. The number of benzene rings is 2. The van der Waals surface area contributed by atoms with Crippen molar-refractivity contribution in [3.05, 3.63) is 71.2 Å². The summed E-state index contributed by atoms with van der Waals surface area (Å²) in [5, 5.41) is 10.0. The summed E-state index contributed by atoms with van der Waals surface area (Å²) in [5.74, 6) is -0.432. The van der Waals surface area contributed by atoms with Crippen LogP contribution in [0.15, 0.2) is 59.3 Å². The van der Waals surface area contributed by atoms with E-state index in [1.807, 2.05) is 30.3 Å². The van der Waals surface area contributed by atoms with Crippen molar-refractivity contribution in [2.24, 2.45) is 11.7 Å². The SMILES string of the molecule is NC1CCC(C[n+]2cc([N-]C(=O)Nc3cc(N4CC[C@H](c5ccccc5)C4=O)cc(C(F)(F)F)c3)on2)CC1. The molecular formula is C27H29F3N6O3. The van der Waals surface area contributed by atoms with E-state index in [4.69, 9.17) is 10.3 Å². The highest BCUT2D eigenvalue weighted by Gasteiger charge is 2.36. The minimum atomic E-state index is -4.69. The molecule has 206 valence electrons. The second kappa shape index (κ2) is 11.0. The molecule has 1 saturated carbocycles. The Morgan fingerprint density at radius 1 is 1.13 bits per heavy atom. The zero-order chi connectivity index (χ0) is 27.6. The van der Waals surface area contributed by atoms with Gasteiger partial charge in [0.05, 0.1) is 11.5 Å². The molecule has 3 N–H and O–H groups in total. The first-order valence-corrected chi connectivity index (χ1v) is 12.9. The van der Waals surface area contributed by atoms with E-state index >= 15 is 0 Å². The third-order valence-corrected chi connectivity index (χ3v) is 7.26. The number of urea groups is 1. The number of nitrogens with two attached hydrogens (primary N) is 1. The quantitative estimate of drug-likeness (QED) is 0.412. The lowest BCUT2D eigenvalue weighted by Crippen LogP contribution is -2.40. The van der Waals surface area contributed by atoms with Gasteiger partial charge in [-0.15, -0.1) is 0 Å². The van der Waals surface area contributed by atoms with Crippen molar-refractivity contribution in [1.82, 2.24) is 5.27 Å². The highest BCUT2D eigenvalue weighted by molar-refractivity contribution is 6.04. The summed E-state index contributed by atoms with van der Waals surface area (Å²) < 4.78 is 47.8. The first-order chi connectivity index (χ1) is 18.7. The fourth-order valence-electron chi connectivity index (χ4n) is 5.22. The van der Waals surface area contributed by atoms with Gasteiger partial charge in [-0.05, 0) is 61.6 Å². The van der Waals surface area contributed by atoms with Gasteiger partial charge < -0.3 is 25.8 Å². The Hall–Kier alpha value is -3.93. The lowest BCUT2D eigenvalue weighted by molar-refractivity contribution is -0.767. The summed E-state index contributed by atoms with van der Waals surface area (Å²) in [6.45, 7) is 0.848. The molecule has 1 aromatic heterocycles. The lowest BCUT2D eigenvalue weighted by Gasteiger charge is -2.22. The number of nitrogens with one attached hydrogen (secondary N) is 1. The lowest BCUT2D eigenvalue weighted by atomic mass is 9.86. The third-order valence-electron chi connectivity index (χ3n) is 7.26. The van der Waals surface area contributed by atoms with E-state index < -0.39 is 23.7 Å². The van der Waals surface area contributed by atoms with Crippen LogP contribution in [0, 0.1) is 5.92 Å². The molecule has 1 aliphatic carbocycles. The number of alkyl halides is 3. The van der Waals surface area contributed by atoms with Crippen LogP contribution in [0.25, 0.3) is 5.32 Å². The Morgan fingerprint density at radius 2 is 1.87 bits per heavy atom. The normalized spacial score (nSPS) is 21.7. The van der Waals surface area contributed by atoms with E-state index in [-0.39, 0.29) is 35.8 Å². The zero-order valence-electron chi connectivity index (χ0n) is 21.1. The van der Waals surface area contributed by atoms with Gasteiger partial charge in [-0.3, -0.25) is 9.59 Å². The minimum absolute atomic E-state index is 0.0493. The minimum Gasteiger partial charge on any atom is -0.424 e. The van der Waals surface area contributed by atoms with Crippen LogP contribution in [-0.2, 0) is 17.5 Å². The maximum Gasteiger partial charge on any atom is 0.416 e. The van der Waals surface area contributed by atoms with E-state index in [0.717, 1.165) is 43.4 Å². The highest BCUT2D eigenvalue weighted by atomic mass is 19.4. The molecule has 2 heterocycles. The van der Waals surface area contributed by atoms with Crippen molar-refractivity contribution in [3.8, 4) is 0 Å². The number of hydrogen-bond acceptors (Lipinski definition) is 5. The second-order valence-corrected chi connectivity index (χ2v) is 10.1. The van der Waals surface area contributed by atoms with Gasteiger partial charge in [0.15, 0.2) is 17.8 Å². The van der Waals surface area contributed by atoms with Gasteiger partial charge in [0, 0.05) is 24.2 Å². The van der Waals surface area contributed by atoms with Crippen molar-refractivity contribution in [1.29, 1.82) is 0 Å². The predicted molar refractivity (Wildman–Crippen MR) is 136 cm³/mol. The summed E-state index contributed by atoms with van der Waals surface area (Å²) >= 11 is 0. The van der Waals surface area contributed by atoms with Crippen LogP contribution in [0.3, 0.4) is 0 Å². The number of carbonyl (C=O) groups excluding carboxylic acids is 2. The Morgan fingerprint density at radius 3 is 2.59 bits per heavy atom. The summed E-state index contributed by atoms with van der Waals surface area (Å²) in [6, 6.07) is 11.5. The topological polar surface area (TPSA) is 119 Å². The first-order valence-electron chi connectivity index (χ1n) is 12.9. The third kappa shape index (κ3) is 6.39. The van der Waals surface area contributed by atoms with Crippen LogP contribution in [-0.4, -0.2) is 29.8 Å². The molecule has 12 heteroatoms. The molecule has 1 atom stereocenters. The van der Waals surface area contributed by atoms with Gasteiger partial charge in [0.1, 0.15) is 0 Å². The van der Waals surface area contributed by atoms with Crippen molar-refractivity contribution in [2.75, 3.05) is 16.8 Å². The van der Waals surface area contributed by atoms with Crippen LogP contribution in [0.5, 0.6) is 0 Å². The average Bonchev–Trinajstić information content (AvgIpc) is 3.51. The second-order valence-electron chi connectivity index (χ2n) is 10.1. The highest BCUT2D eigenvalue weighted by Crippen LogP contribution is 2.38. The Labute approximate surface area is 223 Å². The summed E-state index contributed by atoms with van der Waals surface area (Å²) in [4.78, 5) is 27.0. The van der Waals surface area contributed by atoms with Crippen LogP contribution >= 0.6 is 0 Å². The number of carbonyl (C=O) groups is 2. The molecule has 2 fully saturated rings. The van der Waals surface area contributed by atoms with E-state index in [1.165, 1.54) is 17.2 Å². The molecule has 5 rings (SSSR count). The molecule has 1 saturated heterocycles. The van der Waals surface area contributed by atoms with E-state index in [2.05, 4.69) is 15.9 Å². The number of amides is 3. The molecule has 3 amide bonds. The Kier molecular flexibility index (Phi) is 7.56. The maximum atomic E-state index is 13.7. The van der Waals surface area contributed by atoms with Crippen molar-refractivity contribution < 1.29 is 32.0 Å². The number of rotatable bonds is 6. The van der Waals surface area contributed by atoms with Gasteiger partial charge in [-0.25, -0.2) is 0 Å². The van der Waals surface area contributed by atoms with Gasteiger partial charge in [-0.2, -0.15) is 13.2 Å². The van der Waals surface area contributed by atoms with Gasteiger partial charge >= 0.3 is 6.18 Å². The summed E-state index contributed by atoms with van der Waals surface area (Å²) in [7, 11) is 0. The smallest absolute Gasteiger partial charge is 0.416 e. The summed E-state index contributed by atoms with van der Waals surface area (Å²) in [5.41, 5.74) is 5.67. The average molecular weight is 543 g/mol. The number of anilines is 2. The van der Waals surface area contributed by atoms with Gasteiger partial charge in [0.25, 0.3) is 0 Å². The van der Waals surface area contributed by atoms with Crippen molar-refractivity contribution in [2.45, 2.75) is 56.8 Å². The number of nitrogens with zero attached hydrogens (tertiary/aromatic N) is 4. The molecule has 1 aliphatic heterocycles. The molecule has 39 heavy (non-hydrogen) atoms. The molecule has 2 aromatic carbocycles. The number of aromatic nitrogens is 2. The fourth-order valence-corrected chi connectivity index (χ4v) is 5.22. The van der Waals surface area contributed by atoms with Crippen molar-refractivity contribution >= 4 is 29.2 Å². The van der Waals surface area contributed by atoms with Crippen LogP contribution in [0.1, 0.15) is 49.1 Å². The molecule has 0 unspecified atom stereocenters. The number of halogens is 3. The monoisotopic (exact) mass is 542 g/mol. The molecule has 9 nitrogen and oxygen atoms in total. The molecule has 3 aromatic rings. The van der Waals surface area contributed by atoms with E-state index in [9.17, 15) is 22.8 Å².